The fourth-order valence-corrected chi connectivity index (χ4v) is 2.85. The molecule has 0 spiro atoms. The van der Waals surface area contributed by atoms with Crippen molar-refractivity contribution in [2.75, 3.05) is 18.0 Å². The fraction of sp³-hybridized carbons (Fsp3) is 0.250. The Labute approximate surface area is 134 Å². The van der Waals surface area contributed by atoms with Crippen LogP contribution >= 0.6 is 23.2 Å². The summed E-state index contributed by atoms with van der Waals surface area (Å²) in [4.78, 5) is 2.08. The van der Waals surface area contributed by atoms with Gasteiger partial charge in [0, 0.05) is 18.8 Å². The summed E-state index contributed by atoms with van der Waals surface area (Å²) in [5.74, 6) is -0.264. The first kappa shape index (κ1) is 16.1. The SMILES string of the molecule is CCN(c1ccc(F)cc1)C(CN)c1cccc(Cl)c1Cl. The highest BCUT2D eigenvalue weighted by Crippen LogP contribution is 2.34. The van der Waals surface area contributed by atoms with Gasteiger partial charge in [-0.2, -0.15) is 0 Å². The average molecular weight is 327 g/mol. The molecule has 0 heterocycles. The van der Waals surface area contributed by atoms with Gasteiger partial charge < -0.3 is 10.6 Å². The van der Waals surface area contributed by atoms with Crippen LogP contribution in [0.2, 0.25) is 10.0 Å². The molecular formula is C16H17Cl2FN2. The maximum Gasteiger partial charge on any atom is 0.123 e. The van der Waals surface area contributed by atoms with Gasteiger partial charge in [0.2, 0.25) is 0 Å². The zero-order valence-electron chi connectivity index (χ0n) is 11.7. The van der Waals surface area contributed by atoms with Crippen molar-refractivity contribution in [3.8, 4) is 0 Å². The van der Waals surface area contributed by atoms with E-state index < -0.39 is 0 Å². The van der Waals surface area contributed by atoms with Gasteiger partial charge >= 0.3 is 0 Å². The van der Waals surface area contributed by atoms with E-state index in [-0.39, 0.29) is 11.9 Å². The first-order valence-corrected chi connectivity index (χ1v) is 7.50. The fourth-order valence-electron chi connectivity index (χ4n) is 2.42. The van der Waals surface area contributed by atoms with Crippen LogP contribution in [-0.4, -0.2) is 13.1 Å². The molecule has 1 unspecified atom stereocenters. The molecule has 0 bridgehead atoms. The highest BCUT2D eigenvalue weighted by molar-refractivity contribution is 6.42. The Balaban J connectivity index is 2.42. The first-order chi connectivity index (χ1) is 10.1. The minimum atomic E-state index is -0.264. The van der Waals surface area contributed by atoms with Crippen molar-refractivity contribution >= 4 is 28.9 Å². The molecule has 0 radical (unpaired) electrons. The van der Waals surface area contributed by atoms with Crippen molar-refractivity contribution < 1.29 is 4.39 Å². The van der Waals surface area contributed by atoms with Gasteiger partial charge in [-0.05, 0) is 42.8 Å². The molecule has 0 saturated carbocycles. The smallest absolute Gasteiger partial charge is 0.123 e. The third-order valence-electron chi connectivity index (χ3n) is 3.44. The number of hydrogen-bond acceptors (Lipinski definition) is 2. The molecular weight excluding hydrogens is 310 g/mol. The molecule has 0 fully saturated rings. The van der Waals surface area contributed by atoms with E-state index in [4.69, 9.17) is 28.9 Å². The van der Waals surface area contributed by atoms with Crippen LogP contribution in [-0.2, 0) is 0 Å². The van der Waals surface area contributed by atoms with Crippen LogP contribution in [0.5, 0.6) is 0 Å². The number of anilines is 1. The number of likely N-dealkylation sites (N-methyl/N-ethyl adjacent to an activating group) is 1. The summed E-state index contributed by atoms with van der Waals surface area (Å²) in [6.45, 7) is 3.12. The minimum Gasteiger partial charge on any atom is -0.363 e. The van der Waals surface area contributed by atoms with Crippen molar-refractivity contribution in [1.82, 2.24) is 0 Å². The number of hydrogen-bond donors (Lipinski definition) is 1. The van der Waals surface area contributed by atoms with Crippen LogP contribution in [0.1, 0.15) is 18.5 Å². The molecule has 0 aliphatic rings. The normalized spacial score (nSPS) is 12.2. The van der Waals surface area contributed by atoms with Crippen LogP contribution in [0.4, 0.5) is 10.1 Å². The molecule has 2 aromatic rings. The molecule has 0 saturated heterocycles. The lowest BCUT2D eigenvalue weighted by molar-refractivity contribution is 0.622. The topological polar surface area (TPSA) is 29.3 Å². The summed E-state index contributed by atoms with van der Waals surface area (Å²) in [6, 6.07) is 11.7. The van der Waals surface area contributed by atoms with Gasteiger partial charge in [0.1, 0.15) is 5.82 Å². The summed E-state index contributed by atoms with van der Waals surface area (Å²) in [7, 11) is 0. The molecule has 2 aromatic carbocycles. The molecule has 0 amide bonds. The predicted octanol–water partition coefficient (Wildman–Crippen LogP) is 4.66. The quantitative estimate of drug-likeness (QED) is 0.865. The van der Waals surface area contributed by atoms with E-state index in [0.29, 0.717) is 16.6 Å². The summed E-state index contributed by atoms with van der Waals surface area (Å²) >= 11 is 12.4. The molecule has 0 aliphatic carbocycles. The molecule has 2 rings (SSSR count). The van der Waals surface area contributed by atoms with Crippen LogP contribution in [0.3, 0.4) is 0 Å². The second kappa shape index (κ2) is 7.12. The van der Waals surface area contributed by atoms with Gasteiger partial charge in [0.05, 0.1) is 16.1 Å². The lowest BCUT2D eigenvalue weighted by Crippen LogP contribution is -2.34. The van der Waals surface area contributed by atoms with Crippen molar-refractivity contribution in [1.29, 1.82) is 0 Å². The van der Waals surface area contributed by atoms with E-state index in [1.54, 1.807) is 18.2 Å². The van der Waals surface area contributed by atoms with Crippen LogP contribution in [0, 0.1) is 5.82 Å². The number of rotatable bonds is 5. The third-order valence-corrected chi connectivity index (χ3v) is 4.27. The second-order valence-electron chi connectivity index (χ2n) is 4.66. The second-order valence-corrected chi connectivity index (χ2v) is 5.44. The molecule has 21 heavy (non-hydrogen) atoms. The van der Waals surface area contributed by atoms with Crippen LogP contribution in [0.25, 0.3) is 0 Å². The average Bonchev–Trinajstić information content (AvgIpc) is 2.49. The predicted molar refractivity (Wildman–Crippen MR) is 87.7 cm³/mol. The van der Waals surface area contributed by atoms with Gasteiger partial charge in [-0.15, -0.1) is 0 Å². The third kappa shape index (κ3) is 3.49. The van der Waals surface area contributed by atoms with Crippen molar-refractivity contribution in [2.24, 2.45) is 5.73 Å². The van der Waals surface area contributed by atoms with Crippen molar-refractivity contribution in [3.63, 3.8) is 0 Å². The molecule has 0 aliphatic heterocycles. The monoisotopic (exact) mass is 326 g/mol. The van der Waals surface area contributed by atoms with Crippen molar-refractivity contribution in [2.45, 2.75) is 13.0 Å². The van der Waals surface area contributed by atoms with Crippen LogP contribution < -0.4 is 10.6 Å². The van der Waals surface area contributed by atoms with E-state index in [9.17, 15) is 4.39 Å². The Kier molecular flexibility index (Phi) is 5.45. The van der Waals surface area contributed by atoms with Gasteiger partial charge in [0.25, 0.3) is 0 Å². The lowest BCUT2D eigenvalue weighted by Gasteiger charge is -2.33. The van der Waals surface area contributed by atoms with E-state index in [2.05, 4.69) is 4.90 Å². The largest absolute Gasteiger partial charge is 0.363 e. The molecule has 1 atom stereocenters. The standard InChI is InChI=1S/C16H17Cl2FN2/c1-2-21(12-8-6-11(19)7-9-12)15(10-20)13-4-3-5-14(17)16(13)18/h3-9,15H,2,10,20H2,1H3. The number of nitrogens with two attached hydrogens (primary N) is 1. The summed E-state index contributed by atoms with van der Waals surface area (Å²) < 4.78 is 13.1. The molecule has 0 aromatic heterocycles. The Bertz CT molecular complexity index is 602. The molecule has 112 valence electrons. The van der Waals surface area contributed by atoms with E-state index >= 15 is 0 Å². The van der Waals surface area contributed by atoms with Crippen molar-refractivity contribution in [3.05, 3.63) is 63.9 Å². The van der Waals surface area contributed by atoms with Crippen LogP contribution in [0.15, 0.2) is 42.5 Å². The maximum absolute atomic E-state index is 13.1. The minimum absolute atomic E-state index is 0.119. The van der Waals surface area contributed by atoms with Gasteiger partial charge in [0.15, 0.2) is 0 Å². The molecule has 2 nitrogen and oxygen atoms in total. The summed E-state index contributed by atoms with van der Waals surface area (Å²) in [6.07, 6.45) is 0. The Morgan fingerprint density at radius 1 is 1.14 bits per heavy atom. The Morgan fingerprint density at radius 2 is 1.81 bits per heavy atom. The molecule has 5 heteroatoms. The summed E-state index contributed by atoms with van der Waals surface area (Å²) in [5.41, 5.74) is 7.72. The Morgan fingerprint density at radius 3 is 2.38 bits per heavy atom. The summed E-state index contributed by atoms with van der Waals surface area (Å²) in [5, 5.41) is 1.01. The van der Waals surface area contributed by atoms with Gasteiger partial charge in [-0.25, -0.2) is 4.39 Å². The first-order valence-electron chi connectivity index (χ1n) is 6.74. The number of nitrogens with zero attached hydrogens (tertiary/aromatic N) is 1. The number of halogens is 3. The van der Waals surface area contributed by atoms with Gasteiger partial charge in [-0.3, -0.25) is 0 Å². The zero-order chi connectivity index (χ0) is 15.4. The Hall–Kier alpha value is -1.29. The van der Waals surface area contributed by atoms with E-state index in [1.807, 2.05) is 19.1 Å². The van der Waals surface area contributed by atoms with E-state index in [1.165, 1.54) is 12.1 Å². The van der Waals surface area contributed by atoms with E-state index in [0.717, 1.165) is 17.8 Å². The zero-order valence-corrected chi connectivity index (χ0v) is 13.2. The molecule has 2 N–H and O–H groups in total. The van der Waals surface area contributed by atoms with Gasteiger partial charge in [-0.1, -0.05) is 35.3 Å². The highest BCUT2D eigenvalue weighted by atomic mass is 35.5. The maximum atomic E-state index is 13.1. The lowest BCUT2D eigenvalue weighted by atomic mass is 10.0. The number of benzene rings is 2. The highest BCUT2D eigenvalue weighted by Gasteiger charge is 2.21.